The fourth-order valence-corrected chi connectivity index (χ4v) is 2.31. The van der Waals surface area contributed by atoms with E-state index in [4.69, 9.17) is 5.73 Å². The van der Waals surface area contributed by atoms with Gasteiger partial charge in [0, 0.05) is 23.2 Å². The second-order valence-corrected chi connectivity index (χ2v) is 6.04. The average Bonchev–Trinajstić information content (AvgIpc) is 2.29. The van der Waals surface area contributed by atoms with Crippen LogP contribution in [0.2, 0.25) is 0 Å². The molecule has 0 heterocycles. The summed E-state index contributed by atoms with van der Waals surface area (Å²) in [6.07, 6.45) is 0.982. The van der Waals surface area contributed by atoms with Crippen LogP contribution in [0.3, 0.4) is 0 Å². The van der Waals surface area contributed by atoms with E-state index in [9.17, 15) is 4.79 Å². The maximum absolute atomic E-state index is 12.4. The van der Waals surface area contributed by atoms with Crippen LogP contribution >= 0.6 is 15.9 Å². The Morgan fingerprint density at radius 2 is 2.00 bits per heavy atom. The zero-order valence-electron chi connectivity index (χ0n) is 11.4. The van der Waals surface area contributed by atoms with Gasteiger partial charge in [0.2, 0.25) is 0 Å². The molecule has 1 rings (SSSR count). The van der Waals surface area contributed by atoms with E-state index in [2.05, 4.69) is 36.7 Å². The topological polar surface area (TPSA) is 46.3 Å². The van der Waals surface area contributed by atoms with Gasteiger partial charge in [0.15, 0.2) is 0 Å². The summed E-state index contributed by atoms with van der Waals surface area (Å²) in [5.74, 6) is 0.539. The maximum Gasteiger partial charge on any atom is 0.255 e. The molecular formula is C14H21BrN2O. The molecule has 0 spiro atoms. The molecule has 0 aliphatic heterocycles. The zero-order valence-corrected chi connectivity index (χ0v) is 13.0. The van der Waals surface area contributed by atoms with Gasteiger partial charge in [0.25, 0.3) is 5.91 Å². The lowest BCUT2D eigenvalue weighted by atomic mass is 10.0. The van der Waals surface area contributed by atoms with Crippen LogP contribution in [0.5, 0.6) is 0 Å². The standard InChI is InChI=1S/C14H21BrN2O/c1-9(2)7-10(3)17(4)14(18)12-8-11(15)5-6-13(12)16/h5-6,8-10H,7,16H2,1-4H3. The monoisotopic (exact) mass is 312 g/mol. The van der Waals surface area contributed by atoms with E-state index in [1.165, 1.54) is 0 Å². The molecule has 0 fully saturated rings. The van der Waals surface area contributed by atoms with E-state index < -0.39 is 0 Å². The van der Waals surface area contributed by atoms with Gasteiger partial charge in [0.05, 0.1) is 5.56 Å². The first kappa shape index (κ1) is 15.0. The highest BCUT2D eigenvalue weighted by atomic mass is 79.9. The Morgan fingerprint density at radius 1 is 1.39 bits per heavy atom. The molecule has 0 aromatic heterocycles. The number of rotatable bonds is 4. The molecule has 1 aromatic rings. The van der Waals surface area contributed by atoms with Gasteiger partial charge in [-0.3, -0.25) is 4.79 Å². The summed E-state index contributed by atoms with van der Waals surface area (Å²) in [7, 11) is 1.83. The molecule has 1 aromatic carbocycles. The van der Waals surface area contributed by atoms with Gasteiger partial charge in [-0.05, 0) is 37.5 Å². The summed E-state index contributed by atoms with van der Waals surface area (Å²) in [5, 5.41) is 0. The Labute approximate surface area is 117 Å². The molecule has 0 aliphatic rings. The minimum atomic E-state index is -0.0260. The van der Waals surface area contributed by atoms with Crippen LogP contribution in [0.4, 0.5) is 5.69 Å². The number of benzene rings is 1. The lowest BCUT2D eigenvalue weighted by molar-refractivity contribution is 0.0729. The average molecular weight is 313 g/mol. The highest BCUT2D eigenvalue weighted by molar-refractivity contribution is 9.10. The van der Waals surface area contributed by atoms with Gasteiger partial charge >= 0.3 is 0 Å². The number of anilines is 1. The third-order valence-corrected chi connectivity index (χ3v) is 3.53. The second-order valence-electron chi connectivity index (χ2n) is 5.13. The first-order valence-electron chi connectivity index (χ1n) is 6.15. The van der Waals surface area contributed by atoms with Crippen LogP contribution in [0.15, 0.2) is 22.7 Å². The van der Waals surface area contributed by atoms with Gasteiger partial charge in [-0.1, -0.05) is 29.8 Å². The summed E-state index contributed by atoms with van der Waals surface area (Å²) >= 11 is 3.36. The molecule has 0 saturated heterocycles. The van der Waals surface area contributed by atoms with Crippen molar-refractivity contribution in [3.05, 3.63) is 28.2 Å². The van der Waals surface area contributed by atoms with Crippen molar-refractivity contribution in [2.45, 2.75) is 33.2 Å². The Kier molecular flexibility index (Phi) is 5.20. The Balaban J connectivity index is 2.89. The lowest BCUT2D eigenvalue weighted by Crippen LogP contribution is -2.36. The van der Waals surface area contributed by atoms with Crippen LogP contribution < -0.4 is 5.73 Å². The van der Waals surface area contributed by atoms with E-state index in [1.807, 2.05) is 13.1 Å². The van der Waals surface area contributed by atoms with Gasteiger partial charge in [-0.2, -0.15) is 0 Å². The quantitative estimate of drug-likeness (QED) is 0.864. The van der Waals surface area contributed by atoms with Crippen LogP contribution in [-0.2, 0) is 0 Å². The van der Waals surface area contributed by atoms with Gasteiger partial charge in [-0.15, -0.1) is 0 Å². The number of carbonyl (C=O) groups excluding carboxylic acids is 1. The molecule has 1 amide bonds. The summed E-state index contributed by atoms with van der Waals surface area (Å²) in [4.78, 5) is 14.1. The maximum atomic E-state index is 12.4. The van der Waals surface area contributed by atoms with Crippen molar-refractivity contribution < 1.29 is 4.79 Å². The first-order chi connectivity index (χ1) is 8.32. The molecule has 0 bridgehead atoms. The minimum Gasteiger partial charge on any atom is -0.398 e. The number of halogens is 1. The summed E-state index contributed by atoms with van der Waals surface area (Å²) < 4.78 is 0.866. The van der Waals surface area contributed by atoms with Crippen LogP contribution in [-0.4, -0.2) is 23.9 Å². The van der Waals surface area contributed by atoms with E-state index >= 15 is 0 Å². The summed E-state index contributed by atoms with van der Waals surface area (Å²) in [5.41, 5.74) is 6.94. The van der Waals surface area contributed by atoms with E-state index in [0.29, 0.717) is 17.2 Å². The number of hydrogen-bond acceptors (Lipinski definition) is 2. The predicted octanol–water partition coefficient (Wildman–Crippen LogP) is 3.54. The lowest BCUT2D eigenvalue weighted by Gasteiger charge is -2.27. The van der Waals surface area contributed by atoms with Crippen molar-refractivity contribution in [3.63, 3.8) is 0 Å². The molecule has 3 nitrogen and oxygen atoms in total. The van der Waals surface area contributed by atoms with Gasteiger partial charge < -0.3 is 10.6 Å². The fraction of sp³-hybridized carbons (Fsp3) is 0.500. The van der Waals surface area contributed by atoms with Crippen molar-refractivity contribution in [2.75, 3.05) is 12.8 Å². The Bertz CT molecular complexity index is 432. The molecular weight excluding hydrogens is 292 g/mol. The summed E-state index contributed by atoms with van der Waals surface area (Å²) in [6, 6.07) is 5.56. The normalized spacial score (nSPS) is 12.6. The number of hydrogen-bond donors (Lipinski definition) is 1. The molecule has 2 N–H and O–H groups in total. The molecule has 1 unspecified atom stereocenters. The largest absolute Gasteiger partial charge is 0.398 e. The van der Waals surface area contributed by atoms with Crippen molar-refractivity contribution in [3.8, 4) is 0 Å². The third-order valence-electron chi connectivity index (χ3n) is 3.04. The van der Waals surface area contributed by atoms with Crippen LogP contribution in [0.1, 0.15) is 37.6 Å². The number of carbonyl (C=O) groups is 1. The first-order valence-corrected chi connectivity index (χ1v) is 6.94. The fourth-order valence-electron chi connectivity index (χ4n) is 1.94. The predicted molar refractivity (Wildman–Crippen MR) is 79.6 cm³/mol. The van der Waals surface area contributed by atoms with E-state index in [0.717, 1.165) is 10.9 Å². The van der Waals surface area contributed by atoms with Crippen LogP contribution in [0, 0.1) is 5.92 Å². The summed E-state index contributed by atoms with van der Waals surface area (Å²) in [6.45, 7) is 6.37. The number of nitrogens with zero attached hydrogens (tertiary/aromatic N) is 1. The minimum absolute atomic E-state index is 0.0260. The van der Waals surface area contributed by atoms with Crippen molar-refractivity contribution in [2.24, 2.45) is 5.92 Å². The number of nitrogens with two attached hydrogens (primary N) is 1. The molecule has 0 radical (unpaired) electrons. The number of nitrogen functional groups attached to an aromatic ring is 1. The highest BCUT2D eigenvalue weighted by Gasteiger charge is 2.20. The van der Waals surface area contributed by atoms with Gasteiger partial charge in [0.1, 0.15) is 0 Å². The Morgan fingerprint density at radius 3 is 2.56 bits per heavy atom. The van der Waals surface area contributed by atoms with E-state index in [-0.39, 0.29) is 11.9 Å². The van der Waals surface area contributed by atoms with Crippen molar-refractivity contribution >= 4 is 27.5 Å². The van der Waals surface area contributed by atoms with Gasteiger partial charge in [-0.25, -0.2) is 0 Å². The highest BCUT2D eigenvalue weighted by Crippen LogP contribution is 2.21. The molecule has 4 heteroatoms. The third kappa shape index (κ3) is 3.73. The molecule has 18 heavy (non-hydrogen) atoms. The SMILES string of the molecule is CC(C)CC(C)N(C)C(=O)c1cc(Br)ccc1N. The van der Waals surface area contributed by atoms with Crippen LogP contribution in [0.25, 0.3) is 0 Å². The number of amides is 1. The smallest absolute Gasteiger partial charge is 0.255 e. The Hall–Kier alpha value is -1.03. The van der Waals surface area contributed by atoms with Crippen molar-refractivity contribution in [1.82, 2.24) is 4.90 Å². The second kappa shape index (κ2) is 6.23. The molecule has 100 valence electrons. The molecule has 1 atom stereocenters. The molecule has 0 saturated carbocycles. The van der Waals surface area contributed by atoms with E-state index in [1.54, 1.807) is 17.0 Å². The molecule has 0 aliphatic carbocycles. The van der Waals surface area contributed by atoms with Crippen molar-refractivity contribution in [1.29, 1.82) is 0 Å². The zero-order chi connectivity index (χ0) is 13.9.